The molecule has 4 bridgehead atoms. The molecule has 1 fully saturated rings. The Hall–Kier alpha value is -2.16. The number of imide groups is 1. The van der Waals surface area contributed by atoms with Crippen molar-refractivity contribution in [3.8, 4) is 0 Å². The van der Waals surface area contributed by atoms with Crippen LogP contribution >= 0.6 is 0 Å². The lowest BCUT2D eigenvalue weighted by atomic mass is 9.66. The van der Waals surface area contributed by atoms with Gasteiger partial charge in [-0.1, -0.05) is 42.0 Å². The van der Waals surface area contributed by atoms with Crippen molar-refractivity contribution in [3.63, 3.8) is 0 Å². The van der Waals surface area contributed by atoms with Gasteiger partial charge >= 0.3 is 0 Å². The standard InChI is InChI=1S/C22H25NO2/c1-15-5-4-6-16-12-17(11-15)18-13-19(14-18)20(16)8-9-22(25)23-10-3-2-7-21(23)24/h2,4-7,11-12,18-20H,3,8-10,13-14H2,1H3. The third-order valence-corrected chi connectivity index (χ3v) is 6.03. The first-order chi connectivity index (χ1) is 12.1. The summed E-state index contributed by atoms with van der Waals surface area (Å²) in [6, 6.07) is 0. The number of nitrogens with zero attached hydrogens (tertiary/aromatic N) is 1. The van der Waals surface area contributed by atoms with Crippen molar-refractivity contribution in [2.75, 3.05) is 6.54 Å². The quantitative estimate of drug-likeness (QED) is 0.778. The Bertz CT molecular complexity index is 744. The van der Waals surface area contributed by atoms with E-state index in [-0.39, 0.29) is 11.8 Å². The maximum absolute atomic E-state index is 12.5. The first kappa shape index (κ1) is 16.3. The number of carbonyl (C=O) groups is 2. The SMILES string of the molecule is CC1=CC2=CC(=CC=C1)C(CCC(=O)N1CCC=CC1=O)C1CC2C1. The summed E-state index contributed by atoms with van der Waals surface area (Å²) in [5.41, 5.74) is 4.11. The van der Waals surface area contributed by atoms with Crippen molar-refractivity contribution in [2.24, 2.45) is 17.8 Å². The number of hydrogen-bond acceptors (Lipinski definition) is 2. The molecular formula is C22H25NO2. The molecule has 5 rings (SSSR count). The highest BCUT2D eigenvalue weighted by atomic mass is 16.2. The van der Waals surface area contributed by atoms with Gasteiger partial charge in [0, 0.05) is 13.0 Å². The second-order valence-corrected chi connectivity index (χ2v) is 7.71. The van der Waals surface area contributed by atoms with Gasteiger partial charge in [-0.05, 0) is 67.6 Å². The second kappa shape index (κ2) is 6.62. The molecule has 1 saturated carbocycles. The number of carbonyl (C=O) groups excluding carboxylic acids is 2. The van der Waals surface area contributed by atoms with Crippen LogP contribution in [0.1, 0.15) is 39.0 Å². The Balaban J connectivity index is 1.48. The molecule has 3 nitrogen and oxygen atoms in total. The molecule has 0 aromatic rings. The summed E-state index contributed by atoms with van der Waals surface area (Å²) < 4.78 is 0. The highest BCUT2D eigenvalue weighted by Crippen LogP contribution is 2.51. The van der Waals surface area contributed by atoms with Gasteiger partial charge < -0.3 is 0 Å². The Morgan fingerprint density at radius 1 is 1.20 bits per heavy atom. The van der Waals surface area contributed by atoms with Crippen LogP contribution in [0.3, 0.4) is 0 Å². The molecule has 5 aliphatic rings. The highest BCUT2D eigenvalue weighted by molar-refractivity contribution is 6.01. The minimum Gasteiger partial charge on any atom is -0.279 e. The minimum atomic E-state index is -0.156. The number of rotatable bonds is 3. The summed E-state index contributed by atoms with van der Waals surface area (Å²) in [6.45, 7) is 2.68. The fraction of sp³-hybridized carbons (Fsp3) is 0.455. The van der Waals surface area contributed by atoms with Gasteiger partial charge in [0.15, 0.2) is 0 Å². The van der Waals surface area contributed by atoms with Crippen molar-refractivity contribution >= 4 is 11.8 Å². The van der Waals surface area contributed by atoms with Crippen LogP contribution < -0.4 is 0 Å². The maximum Gasteiger partial charge on any atom is 0.252 e. The van der Waals surface area contributed by atoms with Crippen molar-refractivity contribution in [1.82, 2.24) is 4.90 Å². The monoisotopic (exact) mass is 335 g/mol. The summed E-state index contributed by atoms with van der Waals surface area (Å²) in [5, 5.41) is 0. The molecule has 0 aromatic carbocycles. The average Bonchev–Trinajstić information content (AvgIpc) is 2.77. The van der Waals surface area contributed by atoms with E-state index in [4.69, 9.17) is 0 Å². The fourth-order valence-corrected chi connectivity index (χ4v) is 4.56. The number of amides is 2. The molecule has 0 aromatic heterocycles. The lowest BCUT2D eigenvalue weighted by Gasteiger charge is -2.39. The summed E-state index contributed by atoms with van der Waals surface area (Å²) in [4.78, 5) is 25.8. The molecule has 4 aliphatic carbocycles. The molecule has 0 radical (unpaired) electrons. The van der Waals surface area contributed by atoms with Crippen LogP contribution in [0.5, 0.6) is 0 Å². The van der Waals surface area contributed by atoms with Gasteiger partial charge in [0.2, 0.25) is 5.91 Å². The van der Waals surface area contributed by atoms with Crippen LogP contribution in [0.25, 0.3) is 0 Å². The maximum atomic E-state index is 12.5. The Labute approximate surface area is 149 Å². The van der Waals surface area contributed by atoms with Gasteiger partial charge in [0.1, 0.15) is 0 Å². The van der Waals surface area contributed by atoms with Gasteiger partial charge in [0.05, 0.1) is 0 Å². The van der Waals surface area contributed by atoms with Gasteiger partial charge in [-0.2, -0.15) is 0 Å². The normalized spacial score (nSPS) is 30.4. The predicted molar refractivity (Wildman–Crippen MR) is 98.5 cm³/mol. The Kier molecular flexibility index (Phi) is 4.32. The number of hydrogen-bond donors (Lipinski definition) is 0. The topological polar surface area (TPSA) is 37.4 Å². The zero-order chi connectivity index (χ0) is 17.4. The van der Waals surface area contributed by atoms with Crippen molar-refractivity contribution in [1.29, 1.82) is 0 Å². The third kappa shape index (κ3) is 3.20. The molecule has 1 aliphatic heterocycles. The summed E-state index contributed by atoms with van der Waals surface area (Å²) in [5.74, 6) is 1.62. The van der Waals surface area contributed by atoms with Crippen molar-refractivity contribution in [2.45, 2.75) is 39.0 Å². The molecule has 0 spiro atoms. The number of allylic oxidation sites excluding steroid dienone is 8. The molecular weight excluding hydrogens is 310 g/mol. The van der Waals surface area contributed by atoms with E-state index >= 15 is 0 Å². The Morgan fingerprint density at radius 2 is 2.04 bits per heavy atom. The van der Waals surface area contributed by atoms with Gasteiger partial charge in [-0.25, -0.2) is 0 Å². The predicted octanol–water partition coefficient (Wildman–Crippen LogP) is 4.11. The second-order valence-electron chi connectivity index (χ2n) is 7.71. The van der Waals surface area contributed by atoms with E-state index in [1.807, 2.05) is 6.08 Å². The molecule has 25 heavy (non-hydrogen) atoms. The van der Waals surface area contributed by atoms with E-state index in [1.54, 1.807) is 0 Å². The van der Waals surface area contributed by atoms with Gasteiger partial charge in [-0.15, -0.1) is 0 Å². The van der Waals surface area contributed by atoms with E-state index in [0.717, 1.165) is 12.8 Å². The third-order valence-electron chi connectivity index (χ3n) is 6.03. The van der Waals surface area contributed by atoms with Crippen LogP contribution in [-0.4, -0.2) is 23.3 Å². The zero-order valence-corrected chi connectivity index (χ0v) is 14.8. The van der Waals surface area contributed by atoms with Crippen molar-refractivity contribution < 1.29 is 9.59 Å². The fourth-order valence-electron chi connectivity index (χ4n) is 4.56. The van der Waals surface area contributed by atoms with E-state index in [0.29, 0.717) is 30.7 Å². The molecule has 0 saturated heterocycles. The van der Waals surface area contributed by atoms with Crippen molar-refractivity contribution in [3.05, 3.63) is 59.3 Å². The summed E-state index contributed by atoms with van der Waals surface area (Å²) in [7, 11) is 0. The molecule has 3 heteroatoms. The molecule has 1 unspecified atom stereocenters. The molecule has 1 heterocycles. The Morgan fingerprint density at radius 3 is 2.84 bits per heavy atom. The lowest BCUT2D eigenvalue weighted by molar-refractivity contribution is -0.142. The lowest BCUT2D eigenvalue weighted by Crippen LogP contribution is -2.38. The molecule has 2 amide bonds. The van der Waals surface area contributed by atoms with E-state index in [2.05, 4.69) is 37.3 Å². The smallest absolute Gasteiger partial charge is 0.252 e. The van der Waals surface area contributed by atoms with Crippen LogP contribution in [0, 0.1) is 17.8 Å². The summed E-state index contributed by atoms with van der Waals surface area (Å²) in [6.07, 6.45) is 19.1. The van der Waals surface area contributed by atoms with E-state index in [9.17, 15) is 9.59 Å². The molecule has 0 N–H and O–H groups in total. The molecule has 1 atom stereocenters. The van der Waals surface area contributed by atoms with Gasteiger partial charge in [-0.3, -0.25) is 14.5 Å². The summed E-state index contributed by atoms with van der Waals surface area (Å²) >= 11 is 0. The first-order valence-corrected chi connectivity index (χ1v) is 9.41. The van der Waals surface area contributed by atoms with Crippen LogP contribution in [0.2, 0.25) is 0 Å². The zero-order valence-electron chi connectivity index (χ0n) is 14.8. The van der Waals surface area contributed by atoms with Crippen LogP contribution in [-0.2, 0) is 9.59 Å². The average molecular weight is 335 g/mol. The van der Waals surface area contributed by atoms with Crippen LogP contribution in [0.15, 0.2) is 59.3 Å². The van der Waals surface area contributed by atoms with Gasteiger partial charge in [0.25, 0.3) is 5.91 Å². The van der Waals surface area contributed by atoms with E-state index in [1.165, 1.54) is 40.5 Å². The highest BCUT2D eigenvalue weighted by Gasteiger charge is 2.40. The van der Waals surface area contributed by atoms with E-state index < -0.39 is 0 Å². The first-order valence-electron chi connectivity index (χ1n) is 9.41. The largest absolute Gasteiger partial charge is 0.279 e. The van der Waals surface area contributed by atoms with Crippen LogP contribution in [0.4, 0.5) is 0 Å². The molecule has 130 valence electrons. The minimum absolute atomic E-state index is 0.0172.